The molecule has 2 fully saturated rings. The summed E-state index contributed by atoms with van der Waals surface area (Å²) in [6, 6.07) is 0. The van der Waals surface area contributed by atoms with E-state index in [9.17, 15) is 9.90 Å². The fourth-order valence-electron chi connectivity index (χ4n) is 3.20. The van der Waals surface area contributed by atoms with Gasteiger partial charge in [0.25, 0.3) is 0 Å². The van der Waals surface area contributed by atoms with Gasteiger partial charge in [0.2, 0.25) is 5.91 Å². The summed E-state index contributed by atoms with van der Waals surface area (Å²) >= 11 is 0. The monoisotopic (exact) mass is 240 g/mol. The highest BCUT2D eigenvalue weighted by Gasteiger charge is 2.43. The van der Waals surface area contributed by atoms with Gasteiger partial charge in [-0.3, -0.25) is 4.79 Å². The summed E-state index contributed by atoms with van der Waals surface area (Å²) in [7, 11) is 0. The molecule has 0 radical (unpaired) electrons. The first kappa shape index (κ1) is 12.8. The zero-order valence-electron chi connectivity index (χ0n) is 10.7. The number of rotatable bonds is 3. The van der Waals surface area contributed by atoms with Crippen LogP contribution in [0.1, 0.15) is 39.0 Å². The fourth-order valence-corrected chi connectivity index (χ4v) is 3.20. The number of carbonyl (C=O) groups excluding carboxylic acids is 1. The van der Waals surface area contributed by atoms with E-state index in [1.165, 1.54) is 0 Å². The van der Waals surface area contributed by atoms with Gasteiger partial charge in [0.15, 0.2) is 0 Å². The number of hydrogen-bond acceptors (Lipinski definition) is 3. The highest BCUT2D eigenvalue weighted by molar-refractivity contribution is 5.83. The van der Waals surface area contributed by atoms with Crippen molar-refractivity contribution in [1.29, 1.82) is 0 Å². The molecule has 0 saturated carbocycles. The Labute approximate surface area is 103 Å². The first-order valence-corrected chi connectivity index (χ1v) is 6.86. The zero-order chi connectivity index (χ0) is 12.3. The fraction of sp³-hybridized carbons (Fsp3) is 0.923. The lowest BCUT2D eigenvalue weighted by Gasteiger charge is -2.37. The SMILES string of the molecule is CCCC1(C(=O)N2CCC[C@H](O)C2)CCNC1. The van der Waals surface area contributed by atoms with Crippen molar-refractivity contribution in [3.63, 3.8) is 0 Å². The minimum Gasteiger partial charge on any atom is -0.391 e. The van der Waals surface area contributed by atoms with Gasteiger partial charge in [-0.25, -0.2) is 0 Å². The minimum atomic E-state index is -0.319. The molecule has 1 amide bonds. The van der Waals surface area contributed by atoms with Crippen LogP contribution in [0.5, 0.6) is 0 Å². The van der Waals surface area contributed by atoms with Gasteiger partial charge in [0.1, 0.15) is 0 Å². The van der Waals surface area contributed by atoms with E-state index in [0.717, 1.165) is 51.7 Å². The molecule has 2 N–H and O–H groups in total. The van der Waals surface area contributed by atoms with Crippen molar-refractivity contribution in [3.05, 3.63) is 0 Å². The molecule has 2 saturated heterocycles. The van der Waals surface area contributed by atoms with Gasteiger partial charge in [0.05, 0.1) is 11.5 Å². The van der Waals surface area contributed by atoms with Gasteiger partial charge in [-0.2, -0.15) is 0 Å². The Kier molecular flexibility index (Phi) is 4.05. The van der Waals surface area contributed by atoms with E-state index in [0.29, 0.717) is 6.54 Å². The predicted octanol–water partition coefficient (Wildman–Crippen LogP) is 0.749. The molecule has 0 aromatic carbocycles. The molecule has 4 nitrogen and oxygen atoms in total. The standard InChI is InChI=1S/C13H24N2O2/c1-2-5-13(6-7-14-10-13)12(17)15-8-3-4-11(16)9-15/h11,14,16H,2-10H2,1H3/t11-,13?/m0/s1. The number of hydrogen-bond donors (Lipinski definition) is 2. The van der Waals surface area contributed by atoms with Crippen LogP contribution >= 0.6 is 0 Å². The number of aliphatic hydroxyl groups excluding tert-OH is 1. The molecule has 98 valence electrons. The van der Waals surface area contributed by atoms with E-state index >= 15 is 0 Å². The van der Waals surface area contributed by atoms with Gasteiger partial charge in [-0.1, -0.05) is 13.3 Å². The second-order valence-corrected chi connectivity index (χ2v) is 5.50. The third-order valence-electron chi connectivity index (χ3n) is 4.11. The summed E-state index contributed by atoms with van der Waals surface area (Å²) in [5, 5.41) is 13.0. The van der Waals surface area contributed by atoms with Gasteiger partial charge in [-0.15, -0.1) is 0 Å². The number of carbonyl (C=O) groups is 1. The van der Waals surface area contributed by atoms with Crippen molar-refractivity contribution in [1.82, 2.24) is 10.2 Å². The first-order valence-electron chi connectivity index (χ1n) is 6.86. The van der Waals surface area contributed by atoms with Crippen LogP contribution in [-0.4, -0.2) is 48.2 Å². The smallest absolute Gasteiger partial charge is 0.230 e. The van der Waals surface area contributed by atoms with Crippen LogP contribution in [0, 0.1) is 5.41 Å². The third-order valence-corrected chi connectivity index (χ3v) is 4.11. The van der Waals surface area contributed by atoms with Crippen LogP contribution < -0.4 is 5.32 Å². The van der Waals surface area contributed by atoms with Gasteiger partial charge in [0, 0.05) is 19.6 Å². The number of β-amino-alcohol motifs (C(OH)–C–C–N with tert-alkyl or cyclic N) is 1. The van der Waals surface area contributed by atoms with Crippen LogP contribution in [0.15, 0.2) is 0 Å². The molecule has 0 bridgehead atoms. The van der Waals surface area contributed by atoms with Crippen LogP contribution in [-0.2, 0) is 4.79 Å². The normalized spacial score (nSPS) is 34.0. The molecular weight excluding hydrogens is 216 g/mol. The van der Waals surface area contributed by atoms with E-state index in [1.807, 2.05) is 4.90 Å². The van der Waals surface area contributed by atoms with E-state index < -0.39 is 0 Å². The van der Waals surface area contributed by atoms with Crippen LogP contribution in [0.4, 0.5) is 0 Å². The second-order valence-electron chi connectivity index (χ2n) is 5.50. The molecule has 0 spiro atoms. The lowest BCUT2D eigenvalue weighted by molar-refractivity contribution is -0.144. The van der Waals surface area contributed by atoms with Crippen LogP contribution in [0.2, 0.25) is 0 Å². The average molecular weight is 240 g/mol. The van der Waals surface area contributed by atoms with E-state index in [-0.39, 0.29) is 17.4 Å². The van der Waals surface area contributed by atoms with Crippen molar-refractivity contribution >= 4 is 5.91 Å². The van der Waals surface area contributed by atoms with Crippen molar-refractivity contribution < 1.29 is 9.90 Å². The molecule has 2 aliphatic rings. The number of aliphatic hydroxyl groups is 1. The molecule has 0 aromatic heterocycles. The minimum absolute atomic E-state index is 0.189. The summed E-state index contributed by atoms with van der Waals surface area (Å²) in [5.41, 5.74) is -0.189. The molecule has 1 unspecified atom stereocenters. The van der Waals surface area contributed by atoms with E-state index in [2.05, 4.69) is 12.2 Å². The Bertz CT molecular complexity index is 275. The van der Waals surface area contributed by atoms with Crippen molar-refractivity contribution in [2.24, 2.45) is 5.41 Å². The Morgan fingerprint density at radius 2 is 2.41 bits per heavy atom. The quantitative estimate of drug-likeness (QED) is 0.765. The largest absolute Gasteiger partial charge is 0.391 e. The average Bonchev–Trinajstić information content (AvgIpc) is 2.78. The van der Waals surface area contributed by atoms with Gasteiger partial charge < -0.3 is 15.3 Å². The molecule has 2 rings (SSSR count). The highest BCUT2D eigenvalue weighted by Crippen LogP contribution is 2.34. The lowest BCUT2D eigenvalue weighted by Crippen LogP contribution is -2.50. The number of likely N-dealkylation sites (tertiary alicyclic amines) is 1. The molecule has 17 heavy (non-hydrogen) atoms. The number of piperidine rings is 1. The van der Waals surface area contributed by atoms with Gasteiger partial charge in [-0.05, 0) is 32.2 Å². The summed E-state index contributed by atoms with van der Waals surface area (Å²) in [6.45, 7) is 5.25. The topological polar surface area (TPSA) is 52.6 Å². The third kappa shape index (κ3) is 2.63. The molecule has 2 aliphatic heterocycles. The Hall–Kier alpha value is -0.610. The number of nitrogens with one attached hydrogen (secondary N) is 1. The maximum Gasteiger partial charge on any atom is 0.230 e. The molecule has 0 aromatic rings. The summed E-state index contributed by atoms with van der Waals surface area (Å²) in [4.78, 5) is 14.5. The molecule has 2 atom stereocenters. The van der Waals surface area contributed by atoms with Crippen molar-refractivity contribution in [2.75, 3.05) is 26.2 Å². The Morgan fingerprint density at radius 1 is 1.59 bits per heavy atom. The second kappa shape index (κ2) is 5.36. The van der Waals surface area contributed by atoms with E-state index in [4.69, 9.17) is 0 Å². The molecular formula is C13H24N2O2. The summed E-state index contributed by atoms with van der Waals surface area (Å²) < 4.78 is 0. The van der Waals surface area contributed by atoms with E-state index in [1.54, 1.807) is 0 Å². The number of amides is 1. The van der Waals surface area contributed by atoms with Crippen LogP contribution in [0.25, 0.3) is 0 Å². The molecule has 4 heteroatoms. The van der Waals surface area contributed by atoms with Crippen molar-refractivity contribution in [2.45, 2.75) is 45.1 Å². The zero-order valence-corrected chi connectivity index (χ0v) is 10.7. The number of nitrogens with zero attached hydrogens (tertiary/aromatic N) is 1. The highest BCUT2D eigenvalue weighted by atomic mass is 16.3. The molecule has 2 heterocycles. The van der Waals surface area contributed by atoms with Crippen LogP contribution in [0.3, 0.4) is 0 Å². The first-order chi connectivity index (χ1) is 8.18. The van der Waals surface area contributed by atoms with Crippen molar-refractivity contribution in [3.8, 4) is 0 Å². The summed E-state index contributed by atoms with van der Waals surface area (Å²) in [5.74, 6) is 0.267. The predicted molar refractivity (Wildman–Crippen MR) is 66.6 cm³/mol. The molecule has 0 aliphatic carbocycles. The lowest BCUT2D eigenvalue weighted by atomic mass is 9.80. The Balaban J connectivity index is 2.05. The maximum atomic E-state index is 12.6. The Morgan fingerprint density at radius 3 is 3.00 bits per heavy atom. The summed E-state index contributed by atoms with van der Waals surface area (Å²) in [6.07, 6.45) is 4.41. The maximum absolute atomic E-state index is 12.6. The van der Waals surface area contributed by atoms with Gasteiger partial charge >= 0.3 is 0 Å².